The highest BCUT2D eigenvalue weighted by Crippen LogP contribution is 2.38. The van der Waals surface area contributed by atoms with Crippen molar-refractivity contribution in [3.8, 4) is 11.5 Å². The summed E-state index contributed by atoms with van der Waals surface area (Å²) in [5.74, 6) is 1.41. The third-order valence-corrected chi connectivity index (χ3v) is 7.68. The summed E-state index contributed by atoms with van der Waals surface area (Å²) in [6.07, 6.45) is 0.634. The number of benzene rings is 1. The number of hydrogen-bond donors (Lipinski definition) is 1. The van der Waals surface area contributed by atoms with Crippen molar-refractivity contribution in [3.05, 3.63) is 46.2 Å². The average molecular weight is 476 g/mol. The highest BCUT2D eigenvalue weighted by molar-refractivity contribution is 8.01. The summed E-state index contributed by atoms with van der Waals surface area (Å²) in [5.41, 5.74) is 1.85. The summed E-state index contributed by atoms with van der Waals surface area (Å²) in [4.78, 5) is 14.2. The van der Waals surface area contributed by atoms with Crippen molar-refractivity contribution in [2.45, 2.75) is 16.8 Å². The first-order valence-corrected chi connectivity index (χ1v) is 12.1. The molecule has 3 heterocycles. The zero-order valence-electron chi connectivity index (χ0n) is 17.2. The Hall–Kier alpha value is -2.63. The minimum absolute atomic E-state index is 0.0856. The average Bonchev–Trinajstić information content (AvgIpc) is 3.56. The Morgan fingerprint density at radius 3 is 2.77 bits per heavy atom. The lowest BCUT2D eigenvalue weighted by atomic mass is 10.0. The molecule has 1 aliphatic rings. The molecule has 0 spiro atoms. The molecule has 31 heavy (non-hydrogen) atoms. The van der Waals surface area contributed by atoms with E-state index in [1.54, 1.807) is 37.6 Å². The number of thiophene rings is 1. The van der Waals surface area contributed by atoms with Gasteiger partial charge in [-0.2, -0.15) is 5.10 Å². The second-order valence-electron chi connectivity index (χ2n) is 6.51. The van der Waals surface area contributed by atoms with Crippen LogP contribution in [0.2, 0.25) is 0 Å². The molecule has 11 heteroatoms. The first kappa shape index (κ1) is 21.6. The fraction of sp³-hybridized carbons (Fsp3) is 0.300. The number of methoxy groups -OCH3 is 2. The fourth-order valence-electron chi connectivity index (χ4n) is 3.21. The number of amides is 1. The molecule has 8 nitrogen and oxygen atoms in total. The molecule has 0 radical (unpaired) electrons. The van der Waals surface area contributed by atoms with E-state index in [2.05, 4.69) is 15.5 Å². The van der Waals surface area contributed by atoms with E-state index in [4.69, 9.17) is 14.6 Å². The highest BCUT2D eigenvalue weighted by atomic mass is 32.2. The number of ether oxygens (including phenoxy) is 2. The van der Waals surface area contributed by atoms with Gasteiger partial charge in [-0.15, -0.1) is 21.5 Å². The third-order valence-electron chi connectivity index (χ3n) is 4.70. The number of carbonyl (C=O) groups excluding carboxylic acids is 1. The second-order valence-corrected chi connectivity index (χ2v) is 9.66. The smallest absolute Gasteiger partial charge is 0.253 e. The molecule has 1 N–H and O–H groups in total. The van der Waals surface area contributed by atoms with E-state index in [-0.39, 0.29) is 17.7 Å². The molecule has 0 fully saturated rings. The SMILES string of the molecule is CNc1nnc(SCC(=O)N2N=C(c3cccs3)C[C@@H]2c2ccc(OC)c(OC)c2)s1. The number of rotatable bonds is 8. The van der Waals surface area contributed by atoms with Crippen molar-refractivity contribution in [2.75, 3.05) is 32.3 Å². The summed E-state index contributed by atoms with van der Waals surface area (Å²) >= 11 is 4.40. The maximum Gasteiger partial charge on any atom is 0.253 e. The van der Waals surface area contributed by atoms with Gasteiger partial charge in [0.1, 0.15) is 0 Å². The van der Waals surface area contributed by atoms with Gasteiger partial charge in [0.2, 0.25) is 5.13 Å². The van der Waals surface area contributed by atoms with Crippen LogP contribution in [0.3, 0.4) is 0 Å². The molecule has 0 saturated heterocycles. The third kappa shape index (κ3) is 4.68. The van der Waals surface area contributed by atoms with E-state index in [1.807, 2.05) is 35.7 Å². The number of nitrogens with one attached hydrogen (secondary N) is 1. The molecule has 1 aromatic carbocycles. The molecule has 1 aliphatic heterocycles. The van der Waals surface area contributed by atoms with Crippen molar-refractivity contribution in [2.24, 2.45) is 5.10 Å². The monoisotopic (exact) mass is 475 g/mol. The van der Waals surface area contributed by atoms with Crippen LogP contribution in [0, 0.1) is 0 Å². The Morgan fingerprint density at radius 2 is 2.10 bits per heavy atom. The van der Waals surface area contributed by atoms with E-state index in [0.29, 0.717) is 17.9 Å². The lowest BCUT2D eigenvalue weighted by Crippen LogP contribution is -2.28. The number of carbonyl (C=O) groups is 1. The molecule has 162 valence electrons. The van der Waals surface area contributed by atoms with Gasteiger partial charge in [0.25, 0.3) is 5.91 Å². The van der Waals surface area contributed by atoms with Gasteiger partial charge in [0.15, 0.2) is 15.8 Å². The molecule has 0 bridgehead atoms. The van der Waals surface area contributed by atoms with Crippen LogP contribution < -0.4 is 14.8 Å². The molecular weight excluding hydrogens is 454 g/mol. The number of anilines is 1. The Labute approximate surface area is 192 Å². The summed E-state index contributed by atoms with van der Waals surface area (Å²) in [6.45, 7) is 0. The van der Waals surface area contributed by atoms with Crippen molar-refractivity contribution >= 4 is 51.2 Å². The molecule has 3 aromatic rings. The van der Waals surface area contributed by atoms with Gasteiger partial charge in [-0.3, -0.25) is 4.79 Å². The van der Waals surface area contributed by atoms with Crippen molar-refractivity contribution in [1.82, 2.24) is 15.2 Å². The van der Waals surface area contributed by atoms with Gasteiger partial charge < -0.3 is 14.8 Å². The lowest BCUT2D eigenvalue weighted by Gasteiger charge is -2.22. The number of hydrogen-bond acceptors (Lipinski definition) is 10. The van der Waals surface area contributed by atoms with Crippen molar-refractivity contribution in [1.29, 1.82) is 0 Å². The van der Waals surface area contributed by atoms with E-state index in [0.717, 1.165) is 25.6 Å². The van der Waals surface area contributed by atoms with Crippen LogP contribution in [-0.4, -0.2) is 53.8 Å². The van der Waals surface area contributed by atoms with Gasteiger partial charge >= 0.3 is 0 Å². The maximum absolute atomic E-state index is 13.2. The van der Waals surface area contributed by atoms with Gasteiger partial charge in [-0.25, -0.2) is 5.01 Å². The Bertz CT molecular complexity index is 1080. The molecule has 1 amide bonds. The minimum Gasteiger partial charge on any atom is -0.493 e. The Kier molecular flexibility index (Phi) is 6.73. The molecular formula is C20H21N5O3S3. The summed E-state index contributed by atoms with van der Waals surface area (Å²) < 4.78 is 11.6. The molecule has 0 aliphatic carbocycles. The quantitative estimate of drug-likeness (QED) is 0.490. The predicted molar refractivity (Wildman–Crippen MR) is 125 cm³/mol. The molecule has 1 atom stereocenters. The topological polar surface area (TPSA) is 88.9 Å². The first-order valence-electron chi connectivity index (χ1n) is 9.42. The van der Waals surface area contributed by atoms with Gasteiger partial charge in [0, 0.05) is 13.5 Å². The van der Waals surface area contributed by atoms with E-state index in [1.165, 1.54) is 23.1 Å². The van der Waals surface area contributed by atoms with Crippen LogP contribution in [0.5, 0.6) is 11.5 Å². The second kappa shape index (κ2) is 9.67. The van der Waals surface area contributed by atoms with Crippen LogP contribution in [0.1, 0.15) is 22.9 Å². The van der Waals surface area contributed by atoms with Crippen molar-refractivity contribution < 1.29 is 14.3 Å². The van der Waals surface area contributed by atoms with Crippen LogP contribution in [0.15, 0.2) is 45.2 Å². The molecule has 2 aromatic heterocycles. The maximum atomic E-state index is 13.2. The van der Waals surface area contributed by atoms with Gasteiger partial charge in [0.05, 0.1) is 36.6 Å². The lowest BCUT2D eigenvalue weighted by molar-refractivity contribution is -0.130. The summed E-state index contributed by atoms with van der Waals surface area (Å²) in [7, 11) is 4.99. The van der Waals surface area contributed by atoms with E-state index in [9.17, 15) is 4.79 Å². The minimum atomic E-state index is -0.215. The standard InChI is InChI=1S/C20H21N5O3S3/c1-21-19-22-23-20(31-19)30-11-18(26)25-14(10-13(24-25)17-5-4-8-29-17)12-6-7-15(27-2)16(9-12)28-3/h4-9,14H,10-11H2,1-3H3,(H,21,22)/t14-/m1/s1. The van der Waals surface area contributed by atoms with Gasteiger partial charge in [-0.1, -0.05) is 35.2 Å². The summed E-state index contributed by atoms with van der Waals surface area (Å²) in [5, 5.41) is 20.1. The van der Waals surface area contributed by atoms with Gasteiger partial charge in [-0.05, 0) is 29.1 Å². The Balaban J connectivity index is 1.58. The fourth-order valence-corrected chi connectivity index (χ4v) is 5.49. The van der Waals surface area contributed by atoms with E-state index >= 15 is 0 Å². The highest BCUT2D eigenvalue weighted by Gasteiger charge is 2.34. The zero-order chi connectivity index (χ0) is 21.8. The summed E-state index contributed by atoms with van der Waals surface area (Å²) in [6, 6.07) is 9.52. The van der Waals surface area contributed by atoms with E-state index < -0.39 is 0 Å². The largest absolute Gasteiger partial charge is 0.493 e. The molecule has 0 saturated carbocycles. The first-order chi connectivity index (χ1) is 15.1. The van der Waals surface area contributed by atoms with Crippen LogP contribution >= 0.6 is 34.4 Å². The number of nitrogens with zero attached hydrogens (tertiary/aromatic N) is 4. The van der Waals surface area contributed by atoms with Crippen molar-refractivity contribution in [3.63, 3.8) is 0 Å². The van der Waals surface area contributed by atoms with Crippen LogP contribution in [-0.2, 0) is 4.79 Å². The zero-order valence-corrected chi connectivity index (χ0v) is 19.6. The van der Waals surface area contributed by atoms with Crippen LogP contribution in [0.4, 0.5) is 5.13 Å². The normalized spacial score (nSPS) is 15.6. The number of aromatic nitrogens is 2. The Morgan fingerprint density at radius 1 is 1.26 bits per heavy atom. The number of hydrazone groups is 1. The molecule has 0 unspecified atom stereocenters. The molecule has 4 rings (SSSR count). The predicted octanol–water partition coefficient (Wildman–Crippen LogP) is 4.13. The van der Waals surface area contributed by atoms with Crippen LogP contribution in [0.25, 0.3) is 0 Å². The number of thioether (sulfide) groups is 1.